The zero-order valence-corrected chi connectivity index (χ0v) is 10.6. The third-order valence-corrected chi connectivity index (χ3v) is 4.12. The summed E-state index contributed by atoms with van der Waals surface area (Å²) in [7, 11) is 0. The minimum absolute atomic E-state index is 0.355. The molecular formula is C15H20N2O. The van der Waals surface area contributed by atoms with Crippen molar-refractivity contribution in [3.05, 3.63) is 29.8 Å². The van der Waals surface area contributed by atoms with Gasteiger partial charge < -0.3 is 10.6 Å². The first-order valence-electron chi connectivity index (χ1n) is 6.88. The lowest BCUT2D eigenvalue weighted by Gasteiger charge is -2.32. The lowest BCUT2D eigenvalue weighted by atomic mass is 9.89. The van der Waals surface area contributed by atoms with Crippen molar-refractivity contribution in [2.24, 2.45) is 5.92 Å². The van der Waals surface area contributed by atoms with E-state index < -0.39 is 0 Å². The second-order valence-electron chi connectivity index (χ2n) is 5.54. The predicted molar refractivity (Wildman–Crippen MR) is 72.1 cm³/mol. The molecule has 1 heterocycles. The zero-order chi connectivity index (χ0) is 12.5. The third-order valence-electron chi connectivity index (χ3n) is 4.12. The lowest BCUT2D eigenvalue weighted by Crippen LogP contribution is -2.38. The lowest BCUT2D eigenvalue weighted by molar-refractivity contribution is -0.133. The Bertz CT molecular complexity index is 446. The van der Waals surface area contributed by atoms with Crippen LogP contribution in [-0.4, -0.2) is 23.9 Å². The molecule has 1 aromatic rings. The molecule has 2 fully saturated rings. The predicted octanol–water partition coefficient (Wildman–Crippen LogP) is 2.38. The van der Waals surface area contributed by atoms with Gasteiger partial charge in [0, 0.05) is 24.7 Å². The second kappa shape index (κ2) is 4.63. The minimum Gasteiger partial charge on any atom is -0.399 e. The van der Waals surface area contributed by atoms with Gasteiger partial charge in [-0.3, -0.25) is 4.79 Å². The average molecular weight is 244 g/mol. The number of rotatable bonds is 2. The average Bonchev–Trinajstić information content (AvgIpc) is 3.22. The van der Waals surface area contributed by atoms with Gasteiger partial charge in [-0.05, 0) is 49.3 Å². The van der Waals surface area contributed by atoms with Crippen molar-refractivity contribution >= 4 is 11.6 Å². The van der Waals surface area contributed by atoms with Crippen molar-refractivity contribution in [2.75, 3.05) is 18.8 Å². The van der Waals surface area contributed by atoms with Crippen LogP contribution in [0.4, 0.5) is 5.69 Å². The van der Waals surface area contributed by atoms with Crippen molar-refractivity contribution in [2.45, 2.75) is 31.6 Å². The van der Waals surface area contributed by atoms with Gasteiger partial charge in [-0.1, -0.05) is 12.1 Å². The summed E-state index contributed by atoms with van der Waals surface area (Å²) in [5.74, 6) is 1.31. The molecule has 0 aromatic heterocycles. The first-order chi connectivity index (χ1) is 8.74. The molecule has 1 aliphatic carbocycles. The van der Waals surface area contributed by atoms with Gasteiger partial charge in [0.15, 0.2) is 0 Å². The van der Waals surface area contributed by atoms with Crippen LogP contribution in [0.5, 0.6) is 0 Å². The van der Waals surface area contributed by atoms with E-state index >= 15 is 0 Å². The molecule has 96 valence electrons. The fraction of sp³-hybridized carbons (Fsp3) is 0.533. The van der Waals surface area contributed by atoms with Gasteiger partial charge in [0.2, 0.25) is 5.91 Å². The van der Waals surface area contributed by atoms with Crippen LogP contribution in [0.25, 0.3) is 0 Å². The summed E-state index contributed by atoms with van der Waals surface area (Å²) >= 11 is 0. The van der Waals surface area contributed by atoms with Crippen LogP contribution < -0.4 is 5.73 Å². The number of benzene rings is 1. The summed E-state index contributed by atoms with van der Waals surface area (Å²) in [6.07, 6.45) is 4.35. The Kier molecular flexibility index (Phi) is 2.98. The molecule has 2 aliphatic rings. The maximum absolute atomic E-state index is 12.0. The molecule has 0 radical (unpaired) electrons. The Morgan fingerprint density at radius 1 is 1.17 bits per heavy atom. The fourth-order valence-electron chi connectivity index (χ4n) is 2.83. The van der Waals surface area contributed by atoms with E-state index in [9.17, 15) is 4.79 Å². The van der Waals surface area contributed by atoms with Crippen LogP contribution in [0.1, 0.15) is 37.2 Å². The zero-order valence-electron chi connectivity index (χ0n) is 10.6. The Hall–Kier alpha value is -1.51. The summed E-state index contributed by atoms with van der Waals surface area (Å²) in [5, 5.41) is 0. The standard InChI is InChI=1S/C15H20N2O/c16-14-3-1-2-13(10-14)11-6-8-17(9-7-11)15(18)12-4-5-12/h1-3,10-12H,4-9,16H2. The molecule has 1 saturated carbocycles. The van der Waals surface area contributed by atoms with Crippen LogP contribution in [-0.2, 0) is 4.79 Å². The van der Waals surface area contributed by atoms with Crippen molar-refractivity contribution in [1.29, 1.82) is 0 Å². The summed E-state index contributed by atoms with van der Waals surface area (Å²) in [5.41, 5.74) is 7.99. The van der Waals surface area contributed by atoms with Gasteiger partial charge in [-0.25, -0.2) is 0 Å². The number of piperidine rings is 1. The number of nitrogens with zero attached hydrogens (tertiary/aromatic N) is 1. The normalized spacial score (nSPS) is 21.0. The number of likely N-dealkylation sites (tertiary alicyclic amines) is 1. The van der Waals surface area contributed by atoms with E-state index in [0.29, 0.717) is 17.7 Å². The first-order valence-corrected chi connectivity index (χ1v) is 6.88. The van der Waals surface area contributed by atoms with Crippen molar-refractivity contribution < 1.29 is 4.79 Å². The van der Waals surface area contributed by atoms with Crippen LogP contribution in [0, 0.1) is 5.92 Å². The van der Waals surface area contributed by atoms with Crippen LogP contribution in [0.3, 0.4) is 0 Å². The smallest absolute Gasteiger partial charge is 0.225 e. The molecule has 0 bridgehead atoms. The van der Waals surface area contributed by atoms with E-state index in [1.165, 1.54) is 5.56 Å². The first kappa shape index (κ1) is 11.6. The summed E-state index contributed by atoms with van der Waals surface area (Å²) in [4.78, 5) is 14.0. The third kappa shape index (κ3) is 2.35. The van der Waals surface area contributed by atoms with Gasteiger partial charge in [-0.2, -0.15) is 0 Å². The highest BCUT2D eigenvalue weighted by Crippen LogP contribution is 2.34. The largest absolute Gasteiger partial charge is 0.399 e. The van der Waals surface area contributed by atoms with Gasteiger partial charge in [0.05, 0.1) is 0 Å². The maximum Gasteiger partial charge on any atom is 0.225 e. The van der Waals surface area contributed by atoms with Crippen molar-refractivity contribution in [3.63, 3.8) is 0 Å². The number of hydrogen-bond acceptors (Lipinski definition) is 2. The fourth-order valence-corrected chi connectivity index (χ4v) is 2.83. The monoisotopic (exact) mass is 244 g/mol. The molecule has 0 atom stereocenters. The second-order valence-corrected chi connectivity index (χ2v) is 5.54. The molecule has 1 amide bonds. The highest BCUT2D eigenvalue weighted by atomic mass is 16.2. The van der Waals surface area contributed by atoms with Gasteiger partial charge in [0.25, 0.3) is 0 Å². The van der Waals surface area contributed by atoms with Crippen molar-refractivity contribution in [3.8, 4) is 0 Å². The Morgan fingerprint density at radius 2 is 1.89 bits per heavy atom. The summed E-state index contributed by atoms with van der Waals surface area (Å²) in [6, 6.07) is 8.17. The topological polar surface area (TPSA) is 46.3 Å². The van der Waals surface area contributed by atoms with E-state index in [0.717, 1.165) is 44.5 Å². The number of carbonyl (C=O) groups is 1. The SMILES string of the molecule is Nc1cccc(C2CCN(C(=O)C3CC3)CC2)c1. The van der Waals surface area contributed by atoms with Crippen LogP contribution >= 0.6 is 0 Å². The summed E-state index contributed by atoms with van der Waals surface area (Å²) < 4.78 is 0. The highest BCUT2D eigenvalue weighted by molar-refractivity contribution is 5.81. The van der Waals surface area contributed by atoms with Gasteiger partial charge in [0.1, 0.15) is 0 Å². The summed E-state index contributed by atoms with van der Waals surface area (Å²) in [6.45, 7) is 1.82. The molecule has 0 spiro atoms. The van der Waals surface area contributed by atoms with Crippen molar-refractivity contribution in [1.82, 2.24) is 4.90 Å². The van der Waals surface area contributed by atoms with Gasteiger partial charge >= 0.3 is 0 Å². The van der Waals surface area contributed by atoms with E-state index in [4.69, 9.17) is 5.73 Å². The van der Waals surface area contributed by atoms with Gasteiger partial charge in [-0.15, -0.1) is 0 Å². The molecular weight excluding hydrogens is 224 g/mol. The molecule has 1 aliphatic heterocycles. The van der Waals surface area contributed by atoms with Crippen LogP contribution in [0.2, 0.25) is 0 Å². The molecule has 1 saturated heterocycles. The van der Waals surface area contributed by atoms with E-state index in [2.05, 4.69) is 17.0 Å². The molecule has 3 heteroatoms. The molecule has 3 nitrogen and oxygen atoms in total. The Morgan fingerprint density at radius 3 is 2.50 bits per heavy atom. The number of anilines is 1. The molecule has 3 rings (SSSR count). The van der Waals surface area contributed by atoms with E-state index in [1.807, 2.05) is 12.1 Å². The highest BCUT2D eigenvalue weighted by Gasteiger charge is 2.34. The molecule has 1 aromatic carbocycles. The molecule has 18 heavy (non-hydrogen) atoms. The Balaban J connectivity index is 1.61. The van der Waals surface area contributed by atoms with Crippen LogP contribution in [0.15, 0.2) is 24.3 Å². The molecule has 0 unspecified atom stereocenters. The molecule has 2 N–H and O–H groups in total. The van der Waals surface area contributed by atoms with E-state index in [-0.39, 0.29) is 0 Å². The number of hydrogen-bond donors (Lipinski definition) is 1. The van der Waals surface area contributed by atoms with E-state index in [1.54, 1.807) is 0 Å². The Labute approximate surface area is 108 Å². The number of carbonyl (C=O) groups excluding carboxylic acids is 1. The number of amides is 1. The number of nitrogens with two attached hydrogens (primary N) is 1. The minimum atomic E-state index is 0.355. The quantitative estimate of drug-likeness (QED) is 0.812. The number of nitrogen functional groups attached to an aromatic ring is 1. The maximum atomic E-state index is 12.0.